The quantitative estimate of drug-likeness (QED) is 0.253. The second-order valence-electron chi connectivity index (χ2n) is 6.11. The number of pyridine rings is 1. The number of aliphatic imine (C=N–C) groups is 1. The molecule has 1 aliphatic rings. The maximum absolute atomic E-state index is 9.45. The number of ether oxygens (including phenoxy) is 2. The summed E-state index contributed by atoms with van der Waals surface area (Å²) in [4.78, 5) is 8.77. The van der Waals surface area contributed by atoms with Gasteiger partial charge in [-0.3, -0.25) is 5.32 Å². The van der Waals surface area contributed by atoms with Crippen LogP contribution in [0.25, 0.3) is 0 Å². The highest BCUT2D eigenvalue weighted by Gasteiger charge is 2.31. The molecule has 0 saturated heterocycles. The van der Waals surface area contributed by atoms with Gasteiger partial charge in [-0.1, -0.05) is 0 Å². The Bertz CT molecular complexity index is 1190. The Morgan fingerprint density at radius 1 is 1.26 bits per heavy atom. The summed E-state index contributed by atoms with van der Waals surface area (Å²) in [6, 6.07) is 6.69. The third kappa shape index (κ3) is 4.17. The average Bonchev–Trinajstić information content (AvgIpc) is 2.73. The average molecular weight is 529 g/mol. The molecule has 31 heavy (non-hydrogen) atoms. The minimum atomic E-state index is -0.718. The van der Waals surface area contributed by atoms with E-state index >= 15 is 0 Å². The lowest BCUT2D eigenvalue weighted by Crippen LogP contribution is -2.32. The molecule has 1 aromatic carbocycles. The predicted molar refractivity (Wildman–Crippen MR) is 121 cm³/mol. The number of rotatable bonds is 5. The molecule has 0 aliphatic carbocycles. The van der Waals surface area contributed by atoms with Gasteiger partial charge in [0.2, 0.25) is 5.96 Å². The molecule has 0 amide bonds. The topological polar surface area (TPSA) is 191 Å². The maximum Gasteiger partial charge on any atom is 0.211 e. The van der Waals surface area contributed by atoms with Crippen LogP contribution < -0.4 is 31.6 Å². The van der Waals surface area contributed by atoms with Gasteiger partial charge in [0.15, 0.2) is 24.3 Å². The Labute approximate surface area is 191 Å². The zero-order valence-electron chi connectivity index (χ0n) is 16.2. The molecule has 2 heterocycles. The minimum Gasteiger partial charge on any atom is -0.490 e. The highest BCUT2D eigenvalue weighted by atomic mass is 127. The monoisotopic (exact) mass is 529 g/mol. The van der Waals surface area contributed by atoms with E-state index in [2.05, 4.69) is 43.2 Å². The van der Waals surface area contributed by atoms with Crippen molar-refractivity contribution in [3.63, 3.8) is 0 Å². The highest BCUT2D eigenvalue weighted by molar-refractivity contribution is 14.1. The van der Waals surface area contributed by atoms with Crippen molar-refractivity contribution in [2.45, 2.75) is 13.0 Å². The van der Waals surface area contributed by atoms with Crippen LogP contribution in [0.4, 0.5) is 17.3 Å². The van der Waals surface area contributed by atoms with Gasteiger partial charge in [0, 0.05) is 5.56 Å². The molecule has 0 bridgehead atoms. The van der Waals surface area contributed by atoms with Gasteiger partial charge in [-0.2, -0.15) is 15.8 Å². The number of nitrogens with zero attached hydrogens (tertiary/aromatic N) is 5. The first-order chi connectivity index (χ1) is 14.9. The van der Waals surface area contributed by atoms with Crippen LogP contribution in [0.5, 0.6) is 11.5 Å². The van der Waals surface area contributed by atoms with Crippen molar-refractivity contribution in [1.82, 2.24) is 10.3 Å². The number of nitrogen functional groups attached to an aromatic ring is 2. The number of hydrogen-bond acceptors (Lipinski definition) is 11. The summed E-state index contributed by atoms with van der Waals surface area (Å²) in [7, 11) is 0. The molecule has 1 atom stereocenters. The standard InChI is InChI=1S/C19H16IN9O2/c1-2-30-12-6-9(5-11(20)16(12)31-4-3-21)15-13-14(24)10(7-22)17(25)28-18(13)29-19(27-15)26-8-23/h5-6,15H,2,4H2,1H3,(H6,24,25,26,27,28,29). The molecule has 1 aromatic heterocycles. The van der Waals surface area contributed by atoms with Gasteiger partial charge < -0.3 is 26.3 Å². The molecular formula is C19H16IN9O2. The molecule has 3 rings (SSSR count). The number of hydrogen-bond donors (Lipinski definition) is 4. The first-order valence-electron chi connectivity index (χ1n) is 8.89. The van der Waals surface area contributed by atoms with Crippen molar-refractivity contribution in [2.75, 3.05) is 30.0 Å². The molecule has 0 fully saturated rings. The molecular weight excluding hydrogens is 513 g/mol. The number of aromatic nitrogens is 1. The number of nitrogens with two attached hydrogens (primary N) is 2. The lowest BCUT2D eigenvalue weighted by Gasteiger charge is -2.27. The minimum absolute atomic E-state index is 0.0342. The van der Waals surface area contributed by atoms with Crippen LogP contribution in [-0.2, 0) is 0 Å². The lowest BCUT2D eigenvalue weighted by atomic mass is 9.95. The number of nitriles is 3. The number of halogens is 1. The Morgan fingerprint density at radius 3 is 2.68 bits per heavy atom. The van der Waals surface area contributed by atoms with Gasteiger partial charge in [0.05, 0.1) is 15.9 Å². The van der Waals surface area contributed by atoms with Crippen molar-refractivity contribution in [1.29, 1.82) is 15.8 Å². The van der Waals surface area contributed by atoms with E-state index in [1.165, 1.54) is 0 Å². The van der Waals surface area contributed by atoms with E-state index in [-0.39, 0.29) is 35.5 Å². The van der Waals surface area contributed by atoms with Crippen LogP contribution in [0.3, 0.4) is 0 Å². The van der Waals surface area contributed by atoms with Crippen molar-refractivity contribution in [2.24, 2.45) is 4.99 Å². The summed E-state index contributed by atoms with van der Waals surface area (Å²) in [5.41, 5.74) is 13.4. The first kappa shape index (κ1) is 21.7. The van der Waals surface area contributed by atoms with Crippen LogP contribution >= 0.6 is 22.6 Å². The van der Waals surface area contributed by atoms with Crippen LogP contribution in [0.1, 0.15) is 29.7 Å². The van der Waals surface area contributed by atoms with Gasteiger partial charge in [-0.05, 0) is 47.2 Å². The molecule has 12 heteroatoms. The molecule has 2 aromatic rings. The zero-order valence-corrected chi connectivity index (χ0v) is 18.4. The molecule has 0 spiro atoms. The molecule has 6 N–H and O–H groups in total. The van der Waals surface area contributed by atoms with Crippen LogP contribution in [0.2, 0.25) is 0 Å². The number of anilines is 3. The summed E-state index contributed by atoms with van der Waals surface area (Å²) in [5, 5.41) is 32.6. The fourth-order valence-corrected chi connectivity index (χ4v) is 3.86. The zero-order chi connectivity index (χ0) is 22.5. The van der Waals surface area contributed by atoms with Crippen LogP contribution in [0, 0.1) is 37.7 Å². The number of nitrogens with one attached hydrogen (secondary N) is 2. The maximum atomic E-state index is 9.45. The normalized spacial score (nSPS) is 14.0. The Morgan fingerprint density at radius 2 is 2.03 bits per heavy atom. The second-order valence-corrected chi connectivity index (χ2v) is 7.27. The van der Waals surface area contributed by atoms with E-state index in [1.54, 1.807) is 18.3 Å². The van der Waals surface area contributed by atoms with Gasteiger partial charge >= 0.3 is 0 Å². The molecule has 1 unspecified atom stereocenters. The summed E-state index contributed by atoms with van der Waals surface area (Å²) in [6.45, 7) is 2.06. The van der Waals surface area contributed by atoms with Gasteiger partial charge in [-0.15, -0.1) is 0 Å². The number of benzene rings is 1. The summed E-state index contributed by atoms with van der Waals surface area (Å²) >= 11 is 2.07. The van der Waals surface area contributed by atoms with Crippen LogP contribution in [0.15, 0.2) is 17.1 Å². The second kappa shape index (κ2) is 9.24. The predicted octanol–water partition coefficient (Wildman–Crippen LogP) is 1.96. The van der Waals surface area contributed by atoms with Crippen molar-refractivity contribution < 1.29 is 9.47 Å². The van der Waals surface area contributed by atoms with Crippen molar-refractivity contribution >= 4 is 45.9 Å². The number of guanidine groups is 1. The highest BCUT2D eigenvalue weighted by Crippen LogP contribution is 2.44. The Balaban J connectivity index is 2.23. The third-order valence-corrected chi connectivity index (χ3v) is 5.09. The summed E-state index contributed by atoms with van der Waals surface area (Å²) < 4.78 is 11.9. The van der Waals surface area contributed by atoms with Gasteiger partial charge in [0.25, 0.3) is 0 Å². The van der Waals surface area contributed by atoms with E-state index in [9.17, 15) is 5.26 Å². The molecule has 1 aliphatic heterocycles. The number of fused-ring (bicyclic) bond motifs is 1. The Kier molecular flexibility index (Phi) is 6.48. The molecule has 0 saturated carbocycles. The van der Waals surface area contributed by atoms with E-state index in [4.69, 9.17) is 31.5 Å². The van der Waals surface area contributed by atoms with Crippen molar-refractivity contribution in [3.05, 3.63) is 32.4 Å². The van der Waals surface area contributed by atoms with Gasteiger partial charge in [0.1, 0.15) is 35.4 Å². The summed E-state index contributed by atoms with van der Waals surface area (Å²) in [5.74, 6) is 1.25. The molecule has 0 radical (unpaired) electrons. The van der Waals surface area contributed by atoms with E-state index in [1.807, 2.05) is 19.1 Å². The summed E-state index contributed by atoms with van der Waals surface area (Å²) in [6.07, 6.45) is 1.80. The van der Waals surface area contributed by atoms with E-state index < -0.39 is 6.04 Å². The lowest BCUT2D eigenvalue weighted by molar-refractivity contribution is 0.296. The van der Waals surface area contributed by atoms with Crippen LogP contribution in [-0.4, -0.2) is 24.2 Å². The Hall–Kier alpha value is -3.96. The molecule has 156 valence electrons. The van der Waals surface area contributed by atoms with E-state index in [0.717, 1.165) is 0 Å². The first-order valence-corrected chi connectivity index (χ1v) is 9.97. The largest absolute Gasteiger partial charge is 0.490 e. The smallest absolute Gasteiger partial charge is 0.211 e. The molecule has 11 nitrogen and oxygen atoms in total. The SMILES string of the molecule is CCOc1cc(C2N=C(NC#N)Nc3nc(N)c(C#N)c(N)c32)cc(I)c1OCC#N. The van der Waals surface area contributed by atoms with Crippen molar-refractivity contribution in [3.8, 4) is 29.8 Å². The van der Waals surface area contributed by atoms with E-state index in [0.29, 0.717) is 32.8 Å². The third-order valence-electron chi connectivity index (χ3n) is 4.29. The fourth-order valence-electron chi connectivity index (χ4n) is 3.08. The van der Waals surface area contributed by atoms with Gasteiger partial charge in [-0.25, -0.2) is 9.98 Å². The fraction of sp³-hybridized carbons (Fsp3) is 0.211.